The third kappa shape index (κ3) is 4.51. The molecule has 2 heterocycles. The van der Waals surface area contributed by atoms with E-state index in [1.165, 1.54) is 13.4 Å². The number of likely N-dealkylation sites (N-methyl/N-ethyl adjacent to an activating group) is 1. The van der Waals surface area contributed by atoms with Gasteiger partial charge in [-0.05, 0) is 18.7 Å². The number of methoxy groups -OCH3 is 1. The van der Waals surface area contributed by atoms with E-state index in [2.05, 4.69) is 32.6 Å². The van der Waals surface area contributed by atoms with E-state index in [0.717, 1.165) is 19.6 Å². The van der Waals surface area contributed by atoms with Gasteiger partial charge < -0.3 is 14.5 Å². The van der Waals surface area contributed by atoms with Gasteiger partial charge in [-0.25, -0.2) is 9.97 Å². The topological polar surface area (TPSA) is 126 Å². The Balaban J connectivity index is 1.79. The molecule has 2 N–H and O–H groups in total. The Morgan fingerprint density at radius 1 is 1.24 bits per heavy atom. The van der Waals surface area contributed by atoms with Gasteiger partial charge in [-0.3, -0.25) is 25.8 Å². The first kappa shape index (κ1) is 20.3. The number of nitrogens with zero attached hydrogens (tertiary/aromatic N) is 5. The van der Waals surface area contributed by atoms with Gasteiger partial charge in [0.05, 0.1) is 17.6 Å². The minimum atomic E-state index is -0.543. The molecule has 0 radical (unpaired) electrons. The summed E-state index contributed by atoms with van der Waals surface area (Å²) in [6, 6.07) is 6.67. The van der Waals surface area contributed by atoms with Crippen LogP contribution in [0.4, 0.5) is 17.3 Å². The van der Waals surface area contributed by atoms with Crippen LogP contribution in [0.15, 0.2) is 30.6 Å². The smallest absolute Gasteiger partial charge is 0.355 e. The summed E-state index contributed by atoms with van der Waals surface area (Å²) in [6.45, 7) is 5.85. The first-order valence-electron chi connectivity index (χ1n) is 9.21. The van der Waals surface area contributed by atoms with Crippen molar-refractivity contribution < 1.29 is 14.5 Å². The molecule has 11 nitrogen and oxygen atoms in total. The monoisotopic (exact) mass is 401 g/mol. The molecule has 1 fully saturated rings. The molecule has 29 heavy (non-hydrogen) atoms. The lowest BCUT2D eigenvalue weighted by atomic mass is 10.2. The lowest BCUT2D eigenvalue weighted by Gasteiger charge is -2.34. The van der Waals surface area contributed by atoms with Gasteiger partial charge in [0.25, 0.3) is 5.91 Å². The van der Waals surface area contributed by atoms with Crippen LogP contribution < -0.4 is 20.5 Å². The molecule has 0 unspecified atom stereocenters. The molecule has 2 aromatic rings. The molecule has 0 spiro atoms. The number of hydrogen-bond donors (Lipinski definition) is 2. The molecule has 0 bridgehead atoms. The molecule has 1 amide bonds. The molecule has 1 aliphatic rings. The van der Waals surface area contributed by atoms with Crippen LogP contribution in [0.1, 0.15) is 17.3 Å². The van der Waals surface area contributed by atoms with Gasteiger partial charge >= 0.3 is 5.69 Å². The molecule has 1 aromatic carbocycles. The number of hydrogen-bond acceptors (Lipinski definition) is 9. The highest BCUT2D eigenvalue weighted by Crippen LogP contribution is 2.32. The molecule has 0 saturated carbocycles. The lowest BCUT2D eigenvalue weighted by molar-refractivity contribution is -0.383. The molecular formula is C18H23N7O4. The standard InChI is InChI=1S/C18H23N7O4/c1-3-23-8-10-24(11-9-23)17-15(25(27)28)16(19-12-20-17)21-22-18(26)13-6-4-5-7-14(13)29-2/h4-7,12H,3,8-11H2,1-2H3,(H,22,26)(H,19,20,21). The van der Waals surface area contributed by atoms with Gasteiger partial charge in [0.15, 0.2) is 0 Å². The number of piperazine rings is 1. The summed E-state index contributed by atoms with van der Waals surface area (Å²) in [5, 5.41) is 11.7. The average molecular weight is 401 g/mol. The van der Waals surface area contributed by atoms with Crippen LogP contribution in [-0.4, -0.2) is 65.5 Å². The molecule has 0 aliphatic carbocycles. The number of carbonyl (C=O) groups is 1. The zero-order chi connectivity index (χ0) is 20.8. The number of para-hydroxylation sites is 1. The van der Waals surface area contributed by atoms with Crippen molar-refractivity contribution in [3.63, 3.8) is 0 Å². The van der Waals surface area contributed by atoms with Crippen molar-refractivity contribution in [3.8, 4) is 5.75 Å². The van der Waals surface area contributed by atoms with E-state index in [4.69, 9.17) is 4.74 Å². The second-order valence-corrected chi connectivity index (χ2v) is 6.35. The van der Waals surface area contributed by atoms with E-state index in [9.17, 15) is 14.9 Å². The number of hydrazine groups is 1. The number of anilines is 2. The van der Waals surface area contributed by atoms with E-state index in [-0.39, 0.29) is 22.9 Å². The summed E-state index contributed by atoms with van der Waals surface area (Å²) >= 11 is 0. The first-order valence-corrected chi connectivity index (χ1v) is 9.21. The molecule has 0 atom stereocenters. The second kappa shape index (κ2) is 9.15. The van der Waals surface area contributed by atoms with Crippen molar-refractivity contribution in [2.24, 2.45) is 0 Å². The molecule has 3 rings (SSSR count). The molecular weight excluding hydrogens is 378 g/mol. The third-order valence-corrected chi connectivity index (χ3v) is 4.75. The summed E-state index contributed by atoms with van der Waals surface area (Å²) in [5.74, 6) is 0.0305. The number of benzene rings is 1. The number of ether oxygens (including phenoxy) is 1. The highest BCUT2D eigenvalue weighted by Gasteiger charge is 2.29. The van der Waals surface area contributed by atoms with Crippen molar-refractivity contribution in [1.82, 2.24) is 20.3 Å². The maximum Gasteiger partial charge on any atom is 0.355 e. The summed E-state index contributed by atoms with van der Waals surface area (Å²) in [4.78, 5) is 35.8. The van der Waals surface area contributed by atoms with Crippen molar-refractivity contribution in [2.45, 2.75) is 6.92 Å². The van der Waals surface area contributed by atoms with Crippen LogP contribution in [0.25, 0.3) is 0 Å². The van der Waals surface area contributed by atoms with Gasteiger partial charge in [-0.2, -0.15) is 0 Å². The van der Waals surface area contributed by atoms with Gasteiger partial charge in [0.2, 0.25) is 11.6 Å². The fraction of sp³-hybridized carbons (Fsp3) is 0.389. The van der Waals surface area contributed by atoms with Crippen molar-refractivity contribution >= 4 is 23.2 Å². The van der Waals surface area contributed by atoms with Gasteiger partial charge in [-0.15, -0.1) is 0 Å². The summed E-state index contributed by atoms with van der Waals surface area (Å²) in [7, 11) is 1.46. The van der Waals surface area contributed by atoms with Crippen LogP contribution in [-0.2, 0) is 0 Å². The summed E-state index contributed by atoms with van der Waals surface area (Å²) < 4.78 is 5.16. The quantitative estimate of drug-likeness (QED) is 0.521. The van der Waals surface area contributed by atoms with Crippen molar-refractivity contribution in [1.29, 1.82) is 0 Å². The van der Waals surface area contributed by atoms with E-state index < -0.39 is 10.8 Å². The van der Waals surface area contributed by atoms with Crippen LogP contribution in [0.3, 0.4) is 0 Å². The minimum Gasteiger partial charge on any atom is -0.496 e. The van der Waals surface area contributed by atoms with Crippen molar-refractivity contribution in [2.75, 3.05) is 50.2 Å². The zero-order valence-corrected chi connectivity index (χ0v) is 16.3. The van der Waals surface area contributed by atoms with Crippen LogP contribution in [0.5, 0.6) is 5.75 Å². The Hall–Kier alpha value is -3.47. The fourth-order valence-electron chi connectivity index (χ4n) is 3.15. The SMILES string of the molecule is CCN1CCN(c2ncnc(NNC(=O)c3ccccc3OC)c2[N+](=O)[O-])CC1. The highest BCUT2D eigenvalue weighted by atomic mass is 16.6. The maximum atomic E-state index is 12.5. The summed E-state index contributed by atoms with van der Waals surface area (Å²) in [6.07, 6.45) is 1.24. The number of nitrogens with one attached hydrogen (secondary N) is 2. The normalized spacial score (nSPS) is 14.3. The molecule has 1 aliphatic heterocycles. The van der Waals surface area contributed by atoms with E-state index in [1.807, 2.05) is 4.90 Å². The molecule has 1 aromatic heterocycles. The Bertz CT molecular complexity index is 884. The Morgan fingerprint density at radius 2 is 1.97 bits per heavy atom. The van der Waals surface area contributed by atoms with Crippen molar-refractivity contribution in [3.05, 3.63) is 46.3 Å². The lowest BCUT2D eigenvalue weighted by Crippen LogP contribution is -2.46. The maximum absolute atomic E-state index is 12.5. The number of carbonyl (C=O) groups excluding carboxylic acids is 1. The molecule has 154 valence electrons. The Labute approximate surface area is 167 Å². The second-order valence-electron chi connectivity index (χ2n) is 6.35. The van der Waals surface area contributed by atoms with Crippen LogP contribution >= 0.6 is 0 Å². The molecule has 1 saturated heterocycles. The van der Waals surface area contributed by atoms with Gasteiger partial charge in [0, 0.05) is 26.2 Å². The predicted molar refractivity (Wildman–Crippen MR) is 107 cm³/mol. The van der Waals surface area contributed by atoms with Gasteiger partial charge in [-0.1, -0.05) is 19.1 Å². The van der Waals surface area contributed by atoms with Crippen LogP contribution in [0, 0.1) is 10.1 Å². The number of nitro groups is 1. The predicted octanol–water partition coefficient (Wildman–Crippen LogP) is 1.29. The Morgan fingerprint density at radius 3 is 2.62 bits per heavy atom. The Kier molecular flexibility index (Phi) is 6.39. The largest absolute Gasteiger partial charge is 0.496 e. The first-order chi connectivity index (χ1) is 14.0. The zero-order valence-electron chi connectivity index (χ0n) is 16.3. The minimum absolute atomic E-state index is 0.0823. The van der Waals surface area contributed by atoms with Gasteiger partial charge in [0.1, 0.15) is 12.1 Å². The molecule has 11 heteroatoms. The van der Waals surface area contributed by atoms with E-state index in [0.29, 0.717) is 18.8 Å². The fourth-order valence-corrected chi connectivity index (χ4v) is 3.15. The summed E-state index contributed by atoms with van der Waals surface area (Å²) in [5.41, 5.74) is 5.01. The number of aromatic nitrogens is 2. The highest BCUT2D eigenvalue weighted by molar-refractivity contribution is 5.97. The average Bonchev–Trinajstić information content (AvgIpc) is 2.77. The third-order valence-electron chi connectivity index (χ3n) is 4.75. The van der Waals surface area contributed by atoms with E-state index >= 15 is 0 Å². The number of rotatable bonds is 7. The van der Waals surface area contributed by atoms with E-state index in [1.54, 1.807) is 24.3 Å². The van der Waals surface area contributed by atoms with Crippen LogP contribution in [0.2, 0.25) is 0 Å². The number of amides is 1.